The van der Waals surface area contributed by atoms with E-state index in [2.05, 4.69) is 4.98 Å². The second kappa shape index (κ2) is 6.71. The van der Waals surface area contributed by atoms with Gasteiger partial charge in [-0.3, -0.25) is 4.79 Å². The molecule has 1 aromatic heterocycles. The van der Waals surface area contributed by atoms with Crippen molar-refractivity contribution in [2.75, 3.05) is 0 Å². The van der Waals surface area contributed by atoms with Crippen molar-refractivity contribution < 1.29 is 14.3 Å². The van der Waals surface area contributed by atoms with Crippen LogP contribution in [-0.2, 0) is 17.6 Å². The lowest BCUT2D eigenvalue weighted by Gasteiger charge is -2.00. The Balaban J connectivity index is 1.98. The van der Waals surface area contributed by atoms with Crippen LogP contribution in [0.4, 0.5) is 4.39 Å². The average Bonchev–Trinajstić information content (AvgIpc) is 2.92. The number of carboxylic acids is 1. The van der Waals surface area contributed by atoms with Crippen LogP contribution in [0.15, 0.2) is 54.6 Å². The van der Waals surface area contributed by atoms with Crippen molar-refractivity contribution in [3.05, 3.63) is 75.9 Å². The quantitative estimate of drug-likeness (QED) is 0.765. The van der Waals surface area contributed by atoms with Gasteiger partial charge >= 0.3 is 5.97 Å². The molecule has 0 atom stereocenters. The second-order valence-electron chi connectivity index (χ2n) is 5.08. The fourth-order valence-corrected chi connectivity index (χ4v) is 3.46. The van der Waals surface area contributed by atoms with E-state index in [0.29, 0.717) is 27.6 Å². The molecule has 23 heavy (non-hydrogen) atoms. The van der Waals surface area contributed by atoms with E-state index in [1.54, 1.807) is 18.2 Å². The predicted octanol–water partition coefficient (Wildman–Crippen LogP) is 4.17. The minimum absolute atomic E-state index is 0.0842. The number of aromatic nitrogens is 1. The summed E-state index contributed by atoms with van der Waals surface area (Å²) in [6, 6.07) is 16.0. The molecule has 0 saturated carbocycles. The van der Waals surface area contributed by atoms with Gasteiger partial charge in [-0.05, 0) is 11.6 Å². The zero-order valence-corrected chi connectivity index (χ0v) is 13.0. The lowest BCUT2D eigenvalue weighted by Crippen LogP contribution is -1.99. The van der Waals surface area contributed by atoms with Gasteiger partial charge in [0.15, 0.2) is 0 Å². The predicted molar refractivity (Wildman–Crippen MR) is 88.1 cm³/mol. The number of thiazole rings is 1. The third-order valence-electron chi connectivity index (χ3n) is 3.40. The highest BCUT2D eigenvalue weighted by Crippen LogP contribution is 2.30. The molecule has 0 amide bonds. The molecule has 0 radical (unpaired) electrons. The molecule has 5 heteroatoms. The van der Waals surface area contributed by atoms with Gasteiger partial charge < -0.3 is 5.11 Å². The van der Waals surface area contributed by atoms with Crippen LogP contribution in [0.5, 0.6) is 0 Å². The molecule has 0 unspecified atom stereocenters. The van der Waals surface area contributed by atoms with Gasteiger partial charge in [-0.1, -0.05) is 48.5 Å². The first-order valence-electron chi connectivity index (χ1n) is 7.12. The maximum absolute atomic E-state index is 13.8. The number of benzene rings is 2. The van der Waals surface area contributed by atoms with E-state index in [1.165, 1.54) is 17.4 Å². The Kier molecular flexibility index (Phi) is 4.48. The molecule has 0 bridgehead atoms. The summed E-state index contributed by atoms with van der Waals surface area (Å²) >= 11 is 1.33. The van der Waals surface area contributed by atoms with Gasteiger partial charge in [0.2, 0.25) is 0 Å². The standard InChI is InChI=1S/C18H14FNO2S/c19-14-9-5-4-8-13(14)10-16-20-18(12-6-2-1-3-7-12)15(23-16)11-17(21)22/h1-9H,10-11H2,(H,21,22). The van der Waals surface area contributed by atoms with Gasteiger partial charge in [0.05, 0.1) is 17.1 Å². The number of aliphatic carboxylic acids is 1. The normalized spacial score (nSPS) is 10.7. The monoisotopic (exact) mass is 327 g/mol. The van der Waals surface area contributed by atoms with Crippen LogP contribution in [0, 0.1) is 5.82 Å². The molecule has 0 saturated heterocycles. The number of nitrogens with zero attached hydrogens (tertiary/aromatic N) is 1. The van der Waals surface area contributed by atoms with E-state index in [9.17, 15) is 9.18 Å². The number of carbonyl (C=O) groups is 1. The molecule has 3 aromatic rings. The van der Waals surface area contributed by atoms with E-state index in [-0.39, 0.29) is 12.2 Å². The maximum Gasteiger partial charge on any atom is 0.308 e. The van der Waals surface area contributed by atoms with Gasteiger partial charge in [-0.15, -0.1) is 11.3 Å². The zero-order chi connectivity index (χ0) is 16.2. The van der Waals surface area contributed by atoms with Gasteiger partial charge in [0.25, 0.3) is 0 Å². The first kappa shape index (κ1) is 15.4. The largest absolute Gasteiger partial charge is 0.481 e. The summed E-state index contributed by atoms with van der Waals surface area (Å²) in [5.74, 6) is -1.17. The molecule has 0 fully saturated rings. The highest BCUT2D eigenvalue weighted by molar-refractivity contribution is 7.12. The molecule has 0 aliphatic carbocycles. The van der Waals surface area contributed by atoms with Crippen LogP contribution in [0.3, 0.4) is 0 Å². The summed E-state index contributed by atoms with van der Waals surface area (Å²) in [5.41, 5.74) is 2.10. The SMILES string of the molecule is O=C(O)Cc1sc(Cc2ccccc2F)nc1-c1ccccc1. The Bertz CT molecular complexity index is 830. The van der Waals surface area contributed by atoms with Crippen molar-refractivity contribution >= 4 is 17.3 Å². The Morgan fingerprint density at radius 3 is 2.48 bits per heavy atom. The first-order valence-corrected chi connectivity index (χ1v) is 7.94. The summed E-state index contributed by atoms with van der Waals surface area (Å²) in [6.07, 6.45) is 0.274. The van der Waals surface area contributed by atoms with E-state index in [4.69, 9.17) is 5.11 Å². The van der Waals surface area contributed by atoms with Crippen LogP contribution in [0.1, 0.15) is 15.4 Å². The topological polar surface area (TPSA) is 50.2 Å². The third kappa shape index (κ3) is 3.63. The smallest absolute Gasteiger partial charge is 0.308 e. The van der Waals surface area contributed by atoms with Crippen molar-refractivity contribution in [2.24, 2.45) is 0 Å². The van der Waals surface area contributed by atoms with E-state index in [0.717, 1.165) is 5.56 Å². The lowest BCUT2D eigenvalue weighted by molar-refractivity contribution is -0.136. The van der Waals surface area contributed by atoms with Gasteiger partial charge in [-0.25, -0.2) is 9.37 Å². The summed E-state index contributed by atoms with van der Waals surface area (Å²) in [6.45, 7) is 0. The molecular weight excluding hydrogens is 313 g/mol. The molecule has 3 rings (SSSR count). The number of hydrogen-bond donors (Lipinski definition) is 1. The summed E-state index contributed by atoms with van der Waals surface area (Å²) in [4.78, 5) is 16.3. The lowest BCUT2D eigenvalue weighted by atomic mass is 10.1. The van der Waals surface area contributed by atoms with E-state index < -0.39 is 5.97 Å². The Morgan fingerprint density at radius 2 is 1.78 bits per heavy atom. The maximum atomic E-state index is 13.8. The van der Waals surface area contributed by atoms with E-state index in [1.807, 2.05) is 30.3 Å². The van der Waals surface area contributed by atoms with Crippen molar-refractivity contribution in [3.63, 3.8) is 0 Å². The van der Waals surface area contributed by atoms with Crippen molar-refractivity contribution in [2.45, 2.75) is 12.8 Å². The van der Waals surface area contributed by atoms with Crippen molar-refractivity contribution in [1.82, 2.24) is 4.98 Å². The summed E-state index contributed by atoms with van der Waals surface area (Å²) < 4.78 is 13.8. The average molecular weight is 327 g/mol. The van der Waals surface area contributed by atoms with Crippen LogP contribution >= 0.6 is 11.3 Å². The van der Waals surface area contributed by atoms with Crippen LogP contribution in [0.25, 0.3) is 11.3 Å². The van der Waals surface area contributed by atoms with Crippen LogP contribution in [-0.4, -0.2) is 16.1 Å². The molecule has 0 spiro atoms. The molecule has 116 valence electrons. The Hall–Kier alpha value is -2.53. The highest BCUT2D eigenvalue weighted by atomic mass is 32.1. The summed E-state index contributed by atoms with van der Waals surface area (Å²) in [7, 11) is 0. The molecule has 0 aliphatic heterocycles. The Labute approximate surface area is 137 Å². The number of carboxylic acid groups (broad SMARTS) is 1. The van der Waals surface area contributed by atoms with Gasteiger partial charge in [-0.2, -0.15) is 0 Å². The number of hydrogen-bond acceptors (Lipinski definition) is 3. The molecule has 1 N–H and O–H groups in total. The highest BCUT2D eigenvalue weighted by Gasteiger charge is 2.16. The second-order valence-corrected chi connectivity index (χ2v) is 6.25. The number of rotatable bonds is 5. The minimum Gasteiger partial charge on any atom is -0.481 e. The van der Waals surface area contributed by atoms with Crippen LogP contribution in [0.2, 0.25) is 0 Å². The van der Waals surface area contributed by atoms with Crippen molar-refractivity contribution in [3.8, 4) is 11.3 Å². The molecule has 2 aromatic carbocycles. The van der Waals surface area contributed by atoms with E-state index >= 15 is 0 Å². The zero-order valence-electron chi connectivity index (χ0n) is 12.2. The molecular formula is C18H14FNO2S. The third-order valence-corrected chi connectivity index (χ3v) is 4.46. The first-order chi connectivity index (χ1) is 11.1. The van der Waals surface area contributed by atoms with Crippen molar-refractivity contribution in [1.29, 1.82) is 0 Å². The fourth-order valence-electron chi connectivity index (χ4n) is 2.36. The van der Waals surface area contributed by atoms with Gasteiger partial charge in [0, 0.05) is 16.9 Å². The minimum atomic E-state index is -0.900. The Morgan fingerprint density at radius 1 is 1.09 bits per heavy atom. The molecule has 0 aliphatic rings. The van der Waals surface area contributed by atoms with Gasteiger partial charge in [0.1, 0.15) is 5.82 Å². The number of halogens is 1. The van der Waals surface area contributed by atoms with Crippen LogP contribution < -0.4 is 0 Å². The molecule has 3 nitrogen and oxygen atoms in total. The molecule has 1 heterocycles. The fraction of sp³-hybridized carbons (Fsp3) is 0.111. The summed E-state index contributed by atoms with van der Waals surface area (Å²) in [5, 5.41) is 9.81.